The summed E-state index contributed by atoms with van der Waals surface area (Å²) in [6.07, 6.45) is 0. The highest BCUT2D eigenvalue weighted by atomic mass is 32.1. The van der Waals surface area contributed by atoms with Crippen molar-refractivity contribution in [3.05, 3.63) is 59.0 Å². The molecule has 0 amide bonds. The number of thiophene rings is 1. The number of hydrogen-bond acceptors (Lipinski definition) is 4. The zero-order chi connectivity index (χ0) is 13.9. The van der Waals surface area contributed by atoms with Crippen LogP contribution in [0.1, 0.15) is 10.4 Å². The van der Waals surface area contributed by atoms with Gasteiger partial charge in [0.1, 0.15) is 18.1 Å². The minimum absolute atomic E-state index is 0.214. The second-order valence-corrected chi connectivity index (χ2v) is 5.74. The van der Waals surface area contributed by atoms with Gasteiger partial charge in [0.25, 0.3) is 0 Å². The molecule has 0 fully saturated rings. The van der Waals surface area contributed by atoms with Gasteiger partial charge in [0, 0.05) is 22.2 Å². The molecule has 3 nitrogen and oxygen atoms in total. The number of rotatable bonds is 4. The summed E-state index contributed by atoms with van der Waals surface area (Å²) in [4.78, 5) is 1.15. The van der Waals surface area contributed by atoms with Gasteiger partial charge in [-0.2, -0.15) is 0 Å². The van der Waals surface area contributed by atoms with E-state index < -0.39 is 0 Å². The SMILES string of the molecule is NCc1ccc2sc(COc3cccc(O)c3)cc2c1. The molecule has 3 rings (SSSR count). The Morgan fingerprint density at radius 1 is 1.10 bits per heavy atom. The van der Waals surface area contributed by atoms with Gasteiger partial charge in [0.2, 0.25) is 0 Å². The van der Waals surface area contributed by atoms with Crippen molar-refractivity contribution < 1.29 is 9.84 Å². The van der Waals surface area contributed by atoms with E-state index in [1.807, 2.05) is 6.07 Å². The normalized spacial score (nSPS) is 10.8. The van der Waals surface area contributed by atoms with Crippen LogP contribution in [0.4, 0.5) is 0 Å². The van der Waals surface area contributed by atoms with Crippen molar-refractivity contribution in [3.8, 4) is 11.5 Å². The molecular formula is C16H15NO2S. The molecule has 0 aliphatic rings. The minimum Gasteiger partial charge on any atom is -0.508 e. The Bertz CT molecular complexity index is 736. The summed E-state index contributed by atoms with van der Waals surface area (Å²) in [5.41, 5.74) is 6.79. The van der Waals surface area contributed by atoms with Gasteiger partial charge >= 0.3 is 0 Å². The van der Waals surface area contributed by atoms with Crippen LogP contribution in [0.2, 0.25) is 0 Å². The van der Waals surface area contributed by atoms with Crippen LogP contribution < -0.4 is 10.5 Å². The van der Waals surface area contributed by atoms with Gasteiger partial charge in [0.15, 0.2) is 0 Å². The number of fused-ring (bicyclic) bond motifs is 1. The second-order valence-electron chi connectivity index (χ2n) is 4.58. The van der Waals surface area contributed by atoms with Crippen molar-refractivity contribution in [3.63, 3.8) is 0 Å². The molecule has 0 saturated heterocycles. The molecule has 4 heteroatoms. The molecule has 0 aliphatic carbocycles. The van der Waals surface area contributed by atoms with Gasteiger partial charge in [-0.25, -0.2) is 0 Å². The first-order valence-corrected chi connectivity index (χ1v) is 7.19. The third-order valence-electron chi connectivity index (χ3n) is 3.07. The molecular weight excluding hydrogens is 270 g/mol. The largest absolute Gasteiger partial charge is 0.508 e. The Kier molecular flexibility index (Phi) is 3.58. The predicted octanol–water partition coefficient (Wildman–Crippen LogP) is 3.64. The Labute approximate surface area is 121 Å². The monoisotopic (exact) mass is 285 g/mol. The topological polar surface area (TPSA) is 55.5 Å². The van der Waals surface area contributed by atoms with E-state index in [0.29, 0.717) is 18.9 Å². The fourth-order valence-corrected chi connectivity index (χ4v) is 3.03. The summed E-state index contributed by atoms with van der Waals surface area (Å²) in [7, 11) is 0. The van der Waals surface area contributed by atoms with E-state index in [-0.39, 0.29) is 5.75 Å². The standard InChI is InChI=1S/C16H15NO2S/c17-9-11-4-5-16-12(6-11)7-15(20-16)10-19-14-3-1-2-13(18)8-14/h1-8,18H,9-10,17H2. The van der Waals surface area contributed by atoms with E-state index in [9.17, 15) is 5.11 Å². The Hall–Kier alpha value is -2.04. The molecule has 102 valence electrons. The molecule has 1 aromatic heterocycles. The van der Waals surface area contributed by atoms with Crippen molar-refractivity contribution in [2.45, 2.75) is 13.2 Å². The summed E-state index contributed by atoms with van der Waals surface area (Å²) >= 11 is 1.71. The van der Waals surface area contributed by atoms with E-state index in [2.05, 4.69) is 24.3 Å². The third-order valence-corrected chi connectivity index (χ3v) is 4.16. The zero-order valence-corrected chi connectivity index (χ0v) is 11.7. The molecule has 0 spiro atoms. The van der Waals surface area contributed by atoms with Crippen molar-refractivity contribution in [1.82, 2.24) is 0 Å². The van der Waals surface area contributed by atoms with Gasteiger partial charge in [-0.15, -0.1) is 11.3 Å². The molecule has 3 aromatic rings. The number of hydrogen-bond donors (Lipinski definition) is 2. The van der Waals surface area contributed by atoms with Crippen LogP contribution in [0.3, 0.4) is 0 Å². The van der Waals surface area contributed by atoms with Crippen LogP contribution in [0, 0.1) is 0 Å². The summed E-state index contributed by atoms with van der Waals surface area (Å²) in [5, 5.41) is 10.6. The van der Waals surface area contributed by atoms with Gasteiger partial charge in [-0.05, 0) is 41.3 Å². The smallest absolute Gasteiger partial charge is 0.123 e. The highest BCUT2D eigenvalue weighted by Crippen LogP contribution is 2.28. The summed E-state index contributed by atoms with van der Waals surface area (Å²) in [5.74, 6) is 0.886. The molecule has 20 heavy (non-hydrogen) atoms. The molecule has 0 saturated carbocycles. The maximum atomic E-state index is 9.39. The molecule has 1 heterocycles. The van der Waals surface area contributed by atoms with Crippen molar-refractivity contribution >= 4 is 21.4 Å². The Morgan fingerprint density at radius 2 is 2.00 bits per heavy atom. The van der Waals surface area contributed by atoms with Crippen molar-refractivity contribution in [1.29, 1.82) is 0 Å². The first-order chi connectivity index (χ1) is 9.74. The third kappa shape index (κ3) is 2.76. The first-order valence-electron chi connectivity index (χ1n) is 6.38. The Morgan fingerprint density at radius 3 is 2.80 bits per heavy atom. The van der Waals surface area contributed by atoms with E-state index >= 15 is 0 Å². The summed E-state index contributed by atoms with van der Waals surface area (Å²) in [6, 6.07) is 15.2. The minimum atomic E-state index is 0.214. The van der Waals surface area contributed by atoms with Gasteiger partial charge in [0.05, 0.1) is 0 Å². The number of phenols is 1. The number of ether oxygens (including phenoxy) is 1. The first kappa shape index (κ1) is 13.0. The van der Waals surface area contributed by atoms with E-state index in [1.54, 1.807) is 29.5 Å². The fraction of sp³-hybridized carbons (Fsp3) is 0.125. The van der Waals surface area contributed by atoms with Gasteiger partial charge in [-0.1, -0.05) is 12.1 Å². The molecule has 0 radical (unpaired) electrons. The van der Waals surface area contributed by atoms with Gasteiger partial charge in [-0.3, -0.25) is 0 Å². The average molecular weight is 285 g/mol. The maximum Gasteiger partial charge on any atom is 0.123 e. The summed E-state index contributed by atoms with van der Waals surface area (Å²) in [6.45, 7) is 1.06. The van der Waals surface area contributed by atoms with Crippen LogP contribution in [0.15, 0.2) is 48.5 Å². The van der Waals surface area contributed by atoms with Crippen molar-refractivity contribution in [2.75, 3.05) is 0 Å². The molecule has 0 aliphatic heterocycles. The zero-order valence-electron chi connectivity index (χ0n) is 10.9. The predicted molar refractivity (Wildman–Crippen MR) is 82.2 cm³/mol. The highest BCUT2D eigenvalue weighted by molar-refractivity contribution is 7.19. The quantitative estimate of drug-likeness (QED) is 0.769. The number of aromatic hydroxyl groups is 1. The van der Waals surface area contributed by atoms with Crippen molar-refractivity contribution in [2.24, 2.45) is 5.73 Å². The van der Waals surface area contributed by atoms with Crippen LogP contribution in [-0.2, 0) is 13.2 Å². The lowest BCUT2D eigenvalue weighted by Gasteiger charge is -2.04. The van der Waals surface area contributed by atoms with E-state index in [1.165, 1.54) is 10.1 Å². The lowest BCUT2D eigenvalue weighted by molar-refractivity contribution is 0.308. The van der Waals surface area contributed by atoms with E-state index in [4.69, 9.17) is 10.5 Å². The lowest BCUT2D eigenvalue weighted by Crippen LogP contribution is -1.94. The molecule has 2 aromatic carbocycles. The molecule has 3 N–H and O–H groups in total. The Balaban J connectivity index is 1.77. The van der Waals surface area contributed by atoms with Crippen LogP contribution in [0.5, 0.6) is 11.5 Å². The van der Waals surface area contributed by atoms with E-state index in [0.717, 1.165) is 10.4 Å². The van der Waals surface area contributed by atoms with Gasteiger partial charge < -0.3 is 15.6 Å². The maximum absolute atomic E-state index is 9.39. The number of nitrogens with two attached hydrogens (primary N) is 1. The number of benzene rings is 2. The number of phenolic OH excluding ortho intramolecular Hbond substituents is 1. The average Bonchev–Trinajstić information content (AvgIpc) is 2.87. The molecule has 0 bridgehead atoms. The fourth-order valence-electron chi connectivity index (χ4n) is 2.07. The second kappa shape index (κ2) is 5.53. The highest BCUT2D eigenvalue weighted by Gasteiger charge is 2.04. The van der Waals surface area contributed by atoms with Crippen LogP contribution in [0.25, 0.3) is 10.1 Å². The molecule has 0 unspecified atom stereocenters. The van der Waals surface area contributed by atoms with Crippen LogP contribution in [-0.4, -0.2) is 5.11 Å². The lowest BCUT2D eigenvalue weighted by atomic mass is 10.1. The summed E-state index contributed by atoms with van der Waals surface area (Å²) < 4.78 is 6.92. The van der Waals surface area contributed by atoms with Crippen LogP contribution >= 0.6 is 11.3 Å². The molecule has 0 atom stereocenters.